The Kier molecular flexibility index (Phi) is 2.25. The van der Waals surface area contributed by atoms with Gasteiger partial charge >= 0.3 is 0 Å². The molecule has 2 N–H and O–H groups in total. The largest absolute Gasteiger partial charge is 0.323 e. The zero-order chi connectivity index (χ0) is 10.1. The van der Waals surface area contributed by atoms with Gasteiger partial charge in [-0.3, -0.25) is 0 Å². The highest BCUT2D eigenvalue weighted by molar-refractivity contribution is 5.48. The van der Waals surface area contributed by atoms with Gasteiger partial charge in [0.25, 0.3) is 0 Å². The summed E-state index contributed by atoms with van der Waals surface area (Å²) in [4.78, 5) is 4.37. The lowest BCUT2D eigenvalue weighted by atomic mass is 10.2. The van der Waals surface area contributed by atoms with Gasteiger partial charge in [-0.15, -0.1) is 0 Å². The summed E-state index contributed by atoms with van der Waals surface area (Å²) in [6.07, 6.45) is 4.82. The zero-order valence-electron chi connectivity index (χ0n) is 8.57. The minimum atomic E-state index is 0.0757. The first kappa shape index (κ1) is 9.21. The van der Waals surface area contributed by atoms with E-state index >= 15 is 0 Å². The molecule has 14 heavy (non-hydrogen) atoms. The lowest BCUT2D eigenvalue weighted by Gasteiger charge is -2.08. The van der Waals surface area contributed by atoms with Crippen LogP contribution in [-0.2, 0) is 0 Å². The molecule has 74 valence electrons. The fraction of sp³-hybridized carbons (Fsp3) is 0.364. The predicted molar refractivity (Wildman–Crippen MR) is 57.1 cm³/mol. The molecule has 3 nitrogen and oxygen atoms in total. The summed E-state index contributed by atoms with van der Waals surface area (Å²) < 4.78 is 2.07. The average molecular weight is 189 g/mol. The van der Waals surface area contributed by atoms with Crippen LogP contribution in [0.1, 0.15) is 30.6 Å². The smallest absolute Gasteiger partial charge is 0.139 e. The molecule has 0 spiro atoms. The molecule has 2 aromatic heterocycles. The SMILES string of the molecule is CCC(N)c1cnc2c(C)cccn12. The van der Waals surface area contributed by atoms with Crippen molar-refractivity contribution < 1.29 is 0 Å². The van der Waals surface area contributed by atoms with Crippen molar-refractivity contribution in [3.8, 4) is 0 Å². The van der Waals surface area contributed by atoms with Gasteiger partial charge in [-0.1, -0.05) is 13.0 Å². The summed E-state index contributed by atoms with van der Waals surface area (Å²) in [6, 6.07) is 4.16. The van der Waals surface area contributed by atoms with Crippen molar-refractivity contribution in [3.63, 3.8) is 0 Å². The van der Waals surface area contributed by atoms with Crippen LogP contribution in [0, 0.1) is 6.92 Å². The van der Waals surface area contributed by atoms with Crippen molar-refractivity contribution >= 4 is 5.65 Å². The number of hydrogen-bond acceptors (Lipinski definition) is 2. The van der Waals surface area contributed by atoms with Crippen LogP contribution in [0.2, 0.25) is 0 Å². The number of imidazole rings is 1. The highest BCUT2D eigenvalue weighted by Gasteiger charge is 2.09. The first-order chi connectivity index (χ1) is 6.74. The Balaban J connectivity index is 2.63. The minimum Gasteiger partial charge on any atom is -0.323 e. The van der Waals surface area contributed by atoms with Crippen molar-refractivity contribution in [2.45, 2.75) is 26.3 Å². The van der Waals surface area contributed by atoms with Crippen molar-refractivity contribution in [1.29, 1.82) is 0 Å². The first-order valence-corrected chi connectivity index (χ1v) is 4.92. The molecule has 1 unspecified atom stereocenters. The molecule has 3 heteroatoms. The van der Waals surface area contributed by atoms with E-state index in [1.165, 1.54) is 5.56 Å². The number of rotatable bonds is 2. The second-order valence-electron chi connectivity index (χ2n) is 3.58. The first-order valence-electron chi connectivity index (χ1n) is 4.92. The molecule has 2 aromatic rings. The minimum absolute atomic E-state index is 0.0757. The molecule has 0 bridgehead atoms. The highest BCUT2D eigenvalue weighted by atomic mass is 15.0. The van der Waals surface area contributed by atoms with E-state index in [9.17, 15) is 0 Å². The van der Waals surface area contributed by atoms with Crippen molar-refractivity contribution in [2.75, 3.05) is 0 Å². The Hall–Kier alpha value is -1.35. The van der Waals surface area contributed by atoms with Gasteiger partial charge in [-0.2, -0.15) is 0 Å². The van der Waals surface area contributed by atoms with Gasteiger partial charge in [0.1, 0.15) is 5.65 Å². The second kappa shape index (κ2) is 3.42. The number of fused-ring (bicyclic) bond motifs is 1. The van der Waals surface area contributed by atoms with E-state index in [2.05, 4.69) is 29.3 Å². The summed E-state index contributed by atoms with van der Waals surface area (Å²) >= 11 is 0. The second-order valence-corrected chi connectivity index (χ2v) is 3.58. The van der Waals surface area contributed by atoms with E-state index in [4.69, 9.17) is 5.73 Å². The highest BCUT2D eigenvalue weighted by Crippen LogP contribution is 2.17. The molecule has 2 heterocycles. The topological polar surface area (TPSA) is 43.3 Å². The molecule has 0 amide bonds. The van der Waals surface area contributed by atoms with Gasteiger partial charge in [0.2, 0.25) is 0 Å². The maximum atomic E-state index is 5.99. The van der Waals surface area contributed by atoms with Gasteiger partial charge in [0, 0.05) is 12.2 Å². The van der Waals surface area contributed by atoms with Gasteiger partial charge < -0.3 is 10.1 Å². The third-order valence-corrected chi connectivity index (χ3v) is 2.58. The standard InChI is InChI=1S/C11H15N3/c1-3-9(12)10-7-13-11-8(2)5-4-6-14(10)11/h4-7,9H,3,12H2,1-2H3. The van der Waals surface area contributed by atoms with Crippen molar-refractivity contribution in [2.24, 2.45) is 5.73 Å². The van der Waals surface area contributed by atoms with Crippen molar-refractivity contribution in [1.82, 2.24) is 9.38 Å². The summed E-state index contributed by atoms with van der Waals surface area (Å²) in [7, 11) is 0. The third kappa shape index (κ3) is 1.30. The number of aromatic nitrogens is 2. The number of nitrogens with zero attached hydrogens (tertiary/aromatic N) is 2. The molecule has 0 radical (unpaired) electrons. The molecule has 0 saturated heterocycles. The summed E-state index contributed by atoms with van der Waals surface area (Å²) in [5.41, 5.74) is 9.27. The molecule has 0 fully saturated rings. The van der Waals surface area contributed by atoms with Crippen LogP contribution < -0.4 is 5.73 Å². The van der Waals surface area contributed by atoms with E-state index in [0.29, 0.717) is 0 Å². The molecule has 2 rings (SSSR count). The fourth-order valence-corrected chi connectivity index (χ4v) is 1.65. The molecule has 0 aliphatic carbocycles. The Morgan fingerprint density at radius 3 is 3.07 bits per heavy atom. The predicted octanol–water partition coefficient (Wildman–Crippen LogP) is 2.05. The van der Waals surface area contributed by atoms with Gasteiger partial charge in [0.15, 0.2) is 0 Å². The summed E-state index contributed by atoms with van der Waals surface area (Å²) in [5, 5.41) is 0. The number of nitrogens with two attached hydrogens (primary N) is 1. The molecular formula is C11H15N3. The monoisotopic (exact) mass is 189 g/mol. The van der Waals surface area contributed by atoms with Crippen LogP contribution in [0.4, 0.5) is 0 Å². The zero-order valence-corrected chi connectivity index (χ0v) is 8.57. The van der Waals surface area contributed by atoms with Crippen LogP contribution in [0.3, 0.4) is 0 Å². The molecular weight excluding hydrogens is 174 g/mol. The van der Waals surface area contributed by atoms with Crippen LogP contribution in [0.5, 0.6) is 0 Å². The van der Waals surface area contributed by atoms with Gasteiger partial charge in [0.05, 0.1) is 11.9 Å². The van der Waals surface area contributed by atoms with E-state index in [1.54, 1.807) is 0 Å². The Bertz CT molecular complexity index is 445. The van der Waals surface area contributed by atoms with Gasteiger partial charge in [-0.25, -0.2) is 4.98 Å². The molecule has 0 aliphatic heterocycles. The maximum Gasteiger partial charge on any atom is 0.139 e. The van der Waals surface area contributed by atoms with E-state index in [1.807, 2.05) is 18.5 Å². The maximum absolute atomic E-state index is 5.99. The lowest BCUT2D eigenvalue weighted by Crippen LogP contribution is -2.11. The summed E-state index contributed by atoms with van der Waals surface area (Å²) in [5.74, 6) is 0. The van der Waals surface area contributed by atoms with Gasteiger partial charge in [-0.05, 0) is 25.0 Å². The molecule has 0 saturated carbocycles. The van der Waals surface area contributed by atoms with E-state index in [-0.39, 0.29) is 6.04 Å². The quantitative estimate of drug-likeness (QED) is 0.785. The summed E-state index contributed by atoms with van der Waals surface area (Å²) in [6.45, 7) is 4.14. The molecule has 1 atom stereocenters. The Morgan fingerprint density at radius 2 is 2.36 bits per heavy atom. The normalized spacial score (nSPS) is 13.4. The fourth-order valence-electron chi connectivity index (χ4n) is 1.65. The van der Waals surface area contributed by atoms with Crippen LogP contribution in [0.25, 0.3) is 5.65 Å². The lowest BCUT2D eigenvalue weighted by molar-refractivity contribution is 0.669. The molecule has 0 aromatic carbocycles. The Labute approximate surface area is 83.6 Å². The number of pyridine rings is 1. The van der Waals surface area contributed by atoms with E-state index in [0.717, 1.165) is 17.8 Å². The number of aryl methyl sites for hydroxylation is 1. The average Bonchev–Trinajstić information content (AvgIpc) is 2.62. The number of hydrogen-bond donors (Lipinski definition) is 1. The van der Waals surface area contributed by atoms with Crippen molar-refractivity contribution in [3.05, 3.63) is 35.8 Å². The molecule has 0 aliphatic rings. The van der Waals surface area contributed by atoms with Crippen LogP contribution in [-0.4, -0.2) is 9.38 Å². The van der Waals surface area contributed by atoms with Crippen LogP contribution >= 0.6 is 0 Å². The van der Waals surface area contributed by atoms with E-state index < -0.39 is 0 Å². The van der Waals surface area contributed by atoms with Crippen LogP contribution in [0.15, 0.2) is 24.5 Å². The Morgan fingerprint density at radius 1 is 1.57 bits per heavy atom. The third-order valence-electron chi connectivity index (χ3n) is 2.58.